The topological polar surface area (TPSA) is 45.0 Å². The van der Waals surface area contributed by atoms with Gasteiger partial charge in [0.25, 0.3) is 0 Å². The van der Waals surface area contributed by atoms with Crippen LogP contribution in [0.3, 0.4) is 0 Å². The van der Waals surface area contributed by atoms with Gasteiger partial charge in [-0.1, -0.05) is 12.1 Å². The van der Waals surface area contributed by atoms with Gasteiger partial charge in [-0.2, -0.15) is 5.26 Å². The Morgan fingerprint density at radius 3 is 2.92 bits per heavy atom. The number of rotatable bonds is 3. The number of ether oxygens (including phenoxy) is 1. The largest absolute Gasteiger partial charge is 0.365 e. The van der Waals surface area contributed by atoms with Crippen molar-refractivity contribution in [1.29, 1.82) is 5.26 Å². The van der Waals surface area contributed by atoms with Gasteiger partial charge in [0.2, 0.25) is 0 Å². The van der Waals surface area contributed by atoms with Crippen LogP contribution in [0.2, 0.25) is 0 Å². The van der Waals surface area contributed by atoms with Gasteiger partial charge in [-0.25, -0.2) is 0 Å². The van der Waals surface area contributed by atoms with Crippen molar-refractivity contribution in [2.24, 2.45) is 0 Å². The molecule has 1 aromatic carbocycles. The van der Waals surface area contributed by atoms with Crippen LogP contribution in [0, 0.1) is 11.3 Å². The predicted octanol–water partition coefficient (Wildman–Crippen LogP) is 1.57. The van der Waals surface area contributed by atoms with Gasteiger partial charge in [-0.05, 0) is 12.1 Å². The first-order chi connectivity index (χ1) is 5.88. The smallest absolute Gasteiger partial charge is 0.116 e. The van der Waals surface area contributed by atoms with Crippen molar-refractivity contribution in [3.8, 4) is 6.07 Å². The molecule has 0 aliphatic carbocycles. The number of nitrogens with zero attached hydrogens (tertiary/aromatic N) is 1. The SMILES string of the molecule is COCNc1ccccc1C#N. The van der Waals surface area contributed by atoms with E-state index < -0.39 is 0 Å². The first kappa shape index (κ1) is 8.57. The molecule has 0 fully saturated rings. The number of methoxy groups -OCH3 is 1. The van der Waals surface area contributed by atoms with Gasteiger partial charge in [-0.3, -0.25) is 0 Å². The second-order valence-electron chi connectivity index (χ2n) is 2.27. The molecule has 3 heteroatoms. The Balaban J connectivity index is 2.77. The molecule has 0 aliphatic heterocycles. The highest BCUT2D eigenvalue weighted by atomic mass is 16.5. The zero-order valence-corrected chi connectivity index (χ0v) is 6.87. The molecule has 1 N–H and O–H groups in total. The van der Waals surface area contributed by atoms with Crippen LogP contribution in [0.15, 0.2) is 24.3 Å². The molecule has 0 amide bonds. The Hall–Kier alpha value is -1.53. The highest BCUT2D eigenvalue weighted by molar-refractivity contribution is 5.56. The minimum atomic E-state index is 0.415. The molecule has 0 heterocycles. The maximum Gasteiger partial charge on any atom is 0.116 e. The predicted molar refractivity (Wildman–Crippen MR) is 46.7 cm³/mol. The van der Waals surface area contributed by atoms with Gasteiger partial charge in [0.05, 0.1) is 11.3 Å². The summed E-state index contributed by atoms with van der Waals surface area (Å²) in [6, 6.07) is 9.40. The zero-order chi connectivity index (χ0) is 8.81. The minimum absolute atomic E-state index is 0.415. The Morgan fingerprint density at radius 2 is 2.25 bits per heavy atom. The summed E-state index contributed by atoms with van der Waals surface area (Å²) >= 11 is 0. The lowest BCUT2D eigenvalue weighted by atomic mass is 10.2. The van der Waals surface area contributed by atoms with Crippen molar-refractivity contribution >= 4 is 5.69 Å². The van der Waals surface area contributed by atoms with E-state index in [2.05, 4.69) is 11.4 Å². The fraction of sp³-hybridized carbons (Fsp3) is 0.222. The second kappa shape index (κ2) is 4.37. The van der Waals surface area contributed by atoms with E-state index in [-0.39, 0.29) is 0 Å². The molecule has 0 radical (unpaired) electrons. The maximum atomic E-state index is 8.69. The Bertz CT molecular complexity index is 291. The number of nitrogens with one attached hydrogen (secondary N) is 1. The third kappa shape index (κ3) is 1.97. The lowest BCUT2D eigenvalue weighted by Crippen LogP contribution is -2.04. The van der Waals surface area contributed by atoms with Crippen molar-refractivity contribution < 1.29 is 4.74 Å². The average molecular weight is 162 g/mol. The normalized spacial score (nSPS) is 9.00. The molecule has 0 bridgehead atoms. The highest BCUT2D eigenvalue weighted by Crippen LogP contribution is 2.12. The molecular formula is C9H10N2O. The third-order valence-electron chi connectivity index (χ3n) is 1.45. The van der Waals surface area contributed by atoms with Crippen LogP contribution in [0.1, 0.15) is 5.56 Å². The summed E-state index contributed by atoms with van der Waals surface area (Å²) in [5.74, 6) is 0. The minimum Gasteiger partial charge on any atom is -0.365 e. The summed E-state index contributed by atoms with van der Waals surface area (Å²) in [6.07, 6.45) is 0. The molecular weight excluding hydrogens is 152 g/mol. The lowest BCUT2D eigenvalue weighted by Gasteiger charge is -2.05. The molecule has 0 unspecified atom stereocenters. The van der Waals surface area contributed by atoms with Crippen molar-refractivity contribution in [2.45, 2.75) is 0 Å². The fourth-order valence-corrected chi connectivity index (χ4v) is 0.885. The quantitative estimate of drug-likeness (QED) is 0.686. The van der Waals surface area contributed by atoms with E-state index in [4.69, 9.17) is 10.00 Å². The molecule has 0 saturated heterocycles. The van der Waals surface area contributed by atoms with E-state index in [0.717, 1.165) is 5.69 Å². The molecule has 0 aromatic heterocycles. The van der Waals surface area contributed by atoms with Crippen LogP contribution in [-0.4, -0.2) is 13.8 Å². The van der Waals surface area contributed by atoms with Gasteiger partial charge >= 0.3 is 0 Å². The van der Waals surface area contributed by atoms with Crippen LogP contribution in [0.25, 0.3) is 0 Å². The average Bonchev–Trinajstić information content (AvgIpc) is 2.15. The second-order valence-corrected chi connectivity index (χ2v) is 2.27. The van der Waals surface area contributed by atoms with Crippen LogP contribution < -0.4 is 5.32 Å². The molecule has 1 rings (SSSR count). The summed E-state index contributed by atoms with van der Waals surface area (Å²) in [4.78, 5) is 0. The van der Waals surface area contributed by atoms with Crippen LogP contribution in [-0.2, 0) is 4.74 Å². The van der Waals surface area contributed by atoms with Gasteiger partial charge < -0.3 is 10.1 Å². The summed E-state index contributed by atoms with van der Waals surface area (Å²) in [5.41, 5.74) is 1.44. The highest BCUT2D eigenvalue weighted by Gasteiger charge is 1.97. The Kier molecular flexibility index (Phi) is 3.12. The molecule has 0 spiro atoms. The van der Waals surface area contributed by atoms with E-state index in [1.807, 2.05) is 18.2 Å². The number of hydrogen-bond donors (Lipinski definition) is 1. The van der Waals surface area contributed by atoms with Crippen molar-refractivity contribution in [3.05, 3.63) is 29.8 Å². The summed E-state index contributed by atoms with van der Waals surface area (Å²) in [5, 5.41) is 11.7. The molecule has 0 aliphatic rings. The van der Waals surface area contributed by atoms with Crippen molar-refractivity contribution in [2.75, 3.05) is 19.2 Å². The molecule has 0 atom stereocenters. The van der Waals surface area contributed by atoms with E-state index in [9.17, 15) is 0 Å². The standard InChI is InChI=1S/C9H10N2O/c1-12-7-11-9-5-3-2-4-8(9)6-10/h2-5,11H,7H2,1H3. The lowest BCUT2D eigenvalue weighted by molar-refractivity contribution is 0.221. The number of para-hydroxylation sites is 1. The molecule has 1 aromatic rings. The number of anilines is 1. The van der Waals surface area contributed by atoms with Crippen LogP contribution in [0.5, 0.6) is 0 Å². The summed E-state index contributed by atoms with van der Waals surface area (Å²) < 4.78 is 4.82. The summed E-state index contributed by atoms with van der Waals surface area (Å²) in [6.45, 7) is 0.415. The van der Waals surface area contributed by atoms with Crippen molar-refractivity contribution in [1.82, 2.24) is 0 Å². The fourth-order valence-electron chi connectivity index (χ4n) is 0.885. The van der Waals surface area contributed by atoms with E-state index in [0.29, 0.717) is 12.3 Å². The monoisotopic (exact) mass is 162 g/mol. The maximum absolute atomic E-state index is 8.69. The van der Waals surface area contributed by atoms with Crippen LogP contribution in [0.4, 0.5) is 5.69 Å². The van der Waals surface area contributed by atoms with Gasteiger partial charge in [0.15, 0.2) is 0 Å². The molecule has 12 heavy (non-hydrogen) atoms. The molecule has 3 nitrogen and oxygen atoms in total. The number of benzene rings is 1. The Labute approximate surface area is 71.6 Å². The first-order valence-electron chi connectivity index (χ1n) is 3.60. The van der Waals surface area contributed by atoms with E-state index >= 15 is 0 Å². The van der Waals surface area contributed by atoms with E-state index in [1.165, 1.54) is 0 Å². The third-order valence-corrected chi connectivity index (χ3v) is 1.45. The summed E-state index contributed by atoms with van der Waals surface area (Å²) in [7, 11) is 1.60. The van der Waals surface area contributed by atoms with Gasteiger partial charge in [0, 0.05) is 7.11 Å². The van der Waals surface area contributed by atoms with Gasteiger partial charge in [-0.15, -0.1) is 0 Å². The van der Waals surface area contributed by atoms with Crippen LogP contribution >= 0.6 is 0 Å². The number of nitriles is 1. The molecule has 0 saturated carbocycles. The number of hydrogen-bond acceptors (Lipinski definition) is 3. The van der Waals surface area contributed by atoms with Gasteiger partial charge in [0.1, 0.15) is 12.8 Å². The zero-order valence-electron chi connectivity index (χ0n) is 6.87. The van der Waals surface area contributed by atoms with Crippen molar-refractivity contribution in [3.63, 3.8) is 0 Å². The Morgan fingerprint density at radius 1 is 1.50 bits per heavy atom. The molecule has 62 valence electrons. The van der Waals surface area contributed by atoms with E-state index in [1.54, 1.807) is 13.2 Å². The first-order valence-corrected chi connectivity index (χ1v) is 3.60.